The van der Waals surface area contributed by atoms with Gasteiger partial charge in [0.1, 0.15) is 5.69 Å². The number of nitrogens with zero attached hydrogens (tertiary/aromatic N) is 6. The fourth-order valence-electron chi connectivity index (χ4n) is 5.35. The Morgan fingerprint density at radius 1 is 1.13 bits per heavy atom. The SMILES string of the molecule is Cc1c(CN2CCN(C(C)(C)C(N)=O)CC2)sc2c(N3CCOCC3)nc(-c3nccc4[nH]ccc34)nc12. The number of ether oxygens (including phenoxy) is 1. The van der Waals surface area contributed by atoms with E-state index < -0.39 is 5.54 Å². The molecule has 0 aliphatic carbocycles. The summed E-state index contributed by atoms with van der Waals surface area (Å²) >= 11 is 1.79. The van der Waals surface area contributed by atoms with Crippen LogP contribution in [0.2, 0.25) is 0 Å². The zero-order chi connectivity index (χ0) is 26.4. The average molecular weight is 535 g/mol. The number of aromatic amines is 1. The monoisotopic (exact) mass is 534 g/mol. The van der Waals surface area contributed by atoms with Crippen LogP contribution < -0.4 is 10.6 Å². The molecule has 2 saturated heterocycles. The molecule has 2 aliphatic rings. The van der Waals surface area contributed by atoms with Crippen LogP contribution in [0.3, 0.4) is 0 Å². The maximum atomic E-state index is 11.9. The van der Waals surface area contributed by atoms with Gasteiger partial charge in [0.25, 0.3) is 0 Å². The molecule has 0 spiro atoms. The second-order valence-electron chi connectivity index (χ2n) is 10.6. The number of nitrogens with one attached hydrogen (secondary N) is 1. The number of rotatable bonds is 6. The number of hydrogen-bond donors (Lipinski definition) is 2. The summed E-state index contributed by atoms with van der Waals surface area (Å²) in [5.41, 5.74) is 9.03. The topological polar surface area (TPSA) is 117 Å². The molecule has 3 N–H and O–H groups in total. The molecule has 1 amide bonds. The van der Waals surface area contributed by atoms with Crippen LogP contribution in [-0.2, 0) is 16.1 Å². The van der Waals surface area contributed by atoms with E-state index in [0.29, 0.717) is 19.0 Å². The number of carbonyl (C=O) groups excluding carboxylic acids is 1. The molecule has 11 heteroatoms. The van der Waals surface area contributed by atoms with E-state index in [-0.39, 0.29) is 5.91 Å². The van der Waals surface area contributed by atoms with Gasteiger partial charge >= 0.3 is 0 Å². The first-order chi connectivity index (χ1) is 18.3. The number of aryl methyl sites for hydroxylation is 1. The lowest BCUT2D eigenvalue weighted by atomic mass is 10.0. The Labute approximate surface area is 225 Å². The van der Waals surface area contributed by atoms with Gasteiger partial charge in [0, 0.05) is 74.0 Å². The normalized spacial score (nSPS) is 18.0. The Balaban J connectivity index is 1.35. The molecular weight excluding hydrogens is 500 g/mol. The lowest BCUT2D eigenvalue weighted by Gasteiger charge is -2.42. The van der Waals surface area contributed by atoms with E-state index in [2.05, 4.69) is 31.6 Å². The minimum atomic E-state index is -0.630. The highest BCUT2D eigenvalue weighted by atomic mass is 32.1. The third-order valence-corrected chi connectivity index (χ3v) is 9.24. The standard InChI is InChI=1S/C27H34N8O2S/c1-17-20(16-33-8-10-35(11-9-33)27(2,3)26(28)36)38-23-21(17)31-24(32-25(23)34-12-14-37-15-13-34)22-18-4-6-29-19(18)5-7-30-22/h4-7,29H,8-16H2,1-3H3,(H2,28,36). The zero-order valence-electron chi connectivity index (χ0n) is 22.2. The summed E-state index contributed by atoms with van der Waals surface area (Å²) in [6.07, 6.45) is 3.73. The largest absolute Gasteiger partial charge is 0.378 e. The smallest absolute Gasteiger partial charge is 0.237 e. The third kappa shape index (κ3) is 4.43. The van der Waals surface area contributed by atoms with Gasteiger partial charge in [0.05, 0.1) is 29.0 Å². The van der Waals surface area contributed by atoms with Gasteiger partial charge in [-0.2, -0.15) is 0 Å². The molecule has 4 aromatic rings. The van der Waals surface area contributed by atoms with Gasteiger partial charge in [-0.15, -0.1) is 11.3 Å². The van der Waals surface area contributed by atoms with Crippen molar-refractivity contribution in [2.24, 2.45) is 5.73 Å². The van der Waals surface area contributed by atoms with Gasteiger partial charge in [-0.1, -0.05) is 0 Å². The maximum absolute atomic E-state index is 11.9. The Bertz CT molecular complexity index is 1480. The fourth-order valence-corrected chi connectivity index (χ4v) is 6.65. The Hall–Kier alpha value is -3.12. The first-order valence-corrected chi connectivity index (χ1v) is 14.0. The van der Waals surface area contributed by atoms with Crippen molar-refractivity contribution in [3.63, 3.8) is 0 Å². The van der Waals surface area contributed by atoms with Crippen LogP contribution >= 0.6 is 11.3 Å². The Kier molecular flexibility index (Phi) is 6.55. The van der Waals surface area contributed by atoms with Gasteiger partial charge in [0.15, 0.2) is 11.6 Å². The number of thiophene rings is 1. The van der Waals surface area contributed by atoms with Crippen LogP contribution in [0.15, 0.2) is 24.5 Å². The first kappa shape index (κ1) is 25.2. The number of H-pyrrole nitrogens is 1. The first-order valence-electron chi connectivity index (χ1n) is 13.2. The minimum absolute atomic E-state index is 0.277. The van der Waals surface area contributed by atoms with Gasteiger partial charge in [0.2, 0.25) is 5.91 Å². The molecule has 2 aliphatic heterocycles. The summed E-state index contributed by atoms with van der Waals surface area (Å²) in [6.45, 7) is 13.2. The van der Waals surface area contributed by atoms with Crippen LogP contribution in [0.1, 0.15) is 24.3 Å². The van der Waals surface area contributed by atoms with E-state index in [0.717, 1.165) is 78.4 Å². The van der Waals surface area contributed by atoms with E-state index in [9.17, 15) is 4.79 Å². The zero-order valence-corrected chi connectivity index (χ0v) is 23.0. The van der Waals surface area contributed by atoms with Crippen molar-refractivity contribution >= 4 is 44.2 Å². The van der Waals surface area contributed by atoms with Crippen LogP contribution in [0, 0.1) is 6.92 Å². The molecule has 10 nitrogen and oxygen atoms in total. The molecule has 38 heavy (non-hydrogen) atoms. The van der Waals surface area contributed by atoms with Gasteiger partial charge in [-0.05, 0) is 38.5 Å². The van der Waals surface area contributed by atoms with Crippen molar-refractivity contribution in [3.05, 3.63) is 35.0 Å². The molecular formula is C27H34N8O2S. The average Bonchev–Trinajstić information content (AvgIpc) is 3.53. The highest BCUT2D eigenvalue weighted by molar-refractivity contribution is 7.19. The number of carbonyl (C=O) groups is 1. The molecule has 4 aromatic heterocycles. The molecule has 0 bridgehead atoms. The lowest BCUT2D eigenvalue weighted by molar-refractivity contribution is -0.129. The van der Waals surface area contributed by atoms with E-state index in [1.807, 2.05) is 32.2 Å². The minimum Gasteiger partial charge on any atom is -0.378 e. The van der Waals surface area contributed by atoms with E-state index in [1.54, 1.807) is 17.5 Å². The number of primary amides is 1. The van der Waals surface area contributed by atoms with E-state index >= 15 is 0 Å². The van der Waals surface area contributed by atoms with Crippen LogP contribution in [0.4, 0.5) is 5.82 Å². The summed E-state index contributed by atoms with van der Waals surface area (Å²) < 4.78 is 6.76. The number of fused-ring (bicyclic) bond motifs is 2. The Morgan fingerprint density at radius 3 is 2.63 bits per heavy atom. The predicted molar refractivity (Wildman–Crippen MR) is 150 cm³/mol. The number of nitrogens with two attached hydrogens (primary N) is 1. The molecule has 0 unspecified atom stereocenters. The van der Waals surface area contributed by atoms with E-state index in [1.165, 1.54) is 10.4 Å². The summed E-state index contributed by atoms with van der Waals surface area (Å²) in [5, 5.41) is 1.02. The van der Waals surface area contributed by atoms with Crippen molar-refractivity contribution in [2.45, 2.75) is 32.9 Å². The summed E-state index contributed by atoms with van der Waals surface area (Å²) in [5.74, 6) is 1.34. The van der Waals surface area contributed by atoms with Crippen LogP contribution in [0.25, 0.3) is 32.6 Å². The number of piperazine rings is 1. The summed E-state index contributed by atoms with van der Waals surface area (Å²) in [7, 11) is 0. The predicted octanol–water partition coefficient (Wildman–Crippen LogP) is 2.76. The number of hydrogen-bond acceptors (Lipinski definition) is 9. The molecule has 0 aromatic carbocycles. The van der Waals surface area contributed by atoms with Crippen LogP contribution in [-0.4, -0.2) is 93.7 Å². The molecule has 0 atom stereocenters. The molecule has 6 heterocycles. The second kappa shape index (κ2) is 9.88. The summed E-state index contributed by atoms with van der Waals surface area (Å²) in [6, 6.07) is 4.00. The maximum Gasteiger partial charge on any atom is 0.237 e. The van der Waals surface area contributed by atoms with Gasteiger partial charge in [-0.25, -0.2) is 9.97 Å². The molecule has 0 saturated carbocycles. The number of pyridine rings is 1. The second-order valence-corrected chi connectivity index (χ2v) is 11.7. The van der Waals surface area contributed by atoms with Crippen molar-refractivity contribution in [1.29, 1.82) is 0 Å². The Morgan fingerprint density at radius 2 is 1.89 bits per heavy atom. The van der Waals surface area contributed by atoms with Crippen molar-refractivity contribution in [2.75, 3.05) is 57.4 Å². The van der Waals surface area contributed by atoms with E-state index in [4.69, 9.17) is 20.4 Å². The quantitative estimate of drug-likeness (QED) is 0.388. The number of morpholine rings is 1. The summed E-state index contributed by atoms with van der Waals surface area (Å²) in [4.78, 5) is 38.3. The third-order valence-electron chi connectivity index (χ3n) is 7.98. The van der Waals surface area contributed by atoms with Gasteiger partial charge in [-0.3, -0.25) is 19.6 Å². The highest BCUT2D eigenvalue weighted by Gasteiger charge is 2.35. The number of amides is 1. The molecule has 0 radical (unpaired) electrons. The molecule has 200 valence electrons. The highest BCUT2D eigenvalue weighted by Crippen LogP contribution is 2.38. The lowest BCUT2D eigenvalue weighted by Crippen LogP contribution is -2.59. The number of aromatic nitrogens is 4. The number of anilines is 1. The van der Waals surface area contributed by atoms with Crippen LogP contribution in [0.5, 0.6) is 0 Å². The molecule has 6 rings (SSSR count). The van der Waals surface area contributed by atoms with Gasteiger partial charge < -0.3 is 20.4 Å². The van der Waals surface area contributed by atoms with Crippen molar-refractivity contribution in [1.82, 2.24) is 29.7 Å². The fraction of sp³-hybridized carbons (Fsp3) is 0.481. The molecule has 2 fully saturated rings. The van der Waals surface area contributed by atoms with Crippen molar-refractivity contribution < 1.29 is 9.53 Å². The van der Waals surface area contributed by atoms with Crippen molar-refractivity contribution in [3.8, 4) is 11.5 Å².